The average Bonchev–Trinajstić information content (AvgIpc) is 2.34. The van der Waals surface area contributed by atoms with Crippen molar-refractivity contribution in [1.29, 1.82) is 0 Å². The van der Waals surface area contributed by atoms with E-state index >= 15 is 0 Å². The summed E-state index contributed by atoms with van der Waals surface area (Å²) in [6.45, 7) is 2.60. The lowest BCUT2D eigenvalue weighted by Gasteiger charge is -2.32. The van der Waals surface area contributed by atoms with E-state index in [1.54, 1.807) is 12.1 Å². The highest BCUT2D eigenvalue weighted by atomic mass is 32.2. The fourth-order valence-electron chi connectivity index (χ4n) is 2.39. The molecule has 106 valence electrons. The minimum absolute atomic E-state index is 0.253. The number of hydrogen-bond acceptors (Lipinski definition) is 3. The van der Waals surface area contributed by atoms with E-state index in [4.69, 9.17) is 5.73 Å². The van der Waals surface area contributed by atoms with Crippen LogP contribution in [-0.4, -0.2) is 21.0 Å². The zero-order chi connectivity index (χ0) is 13.9. The molecule has 0 unspecified atom stereocenters. The van der Waals surface area contributed by atoms with Crippen LogP contribution in [0.15, 0.2) is 29.2 Å². The van der Waals surface area contributed by atoms with Crippen molar-refractivity contribution < 1.29 is 8.42 Å². The van der Waals surface area contributed by atoms with Gasteiger partial charge in [-0.1, -0.05) is 25.5 Å². The van der Waals surface area contributed by atoms with Crippen molar-refractivity contribution in [2.24, 2.45) is 11.7 Å². The molecule has 0 spiro atoms. The van der Waals surface area contributed by atoms with E-state index in [0.717, 1.165) is 25.7 Å². The van der Waals surface area contributed by atoms with Crippen LogP contribution < -0.4 is 10.5 Å². The minimum atomic E-state index is -3.37. The van der Waals surface area contributed by atoms with Gasteiger partial charge in [-0.25, -0.2) is 13.1 Å². The first kappa shape index (κ1) is 14.5. The smallest absolute Gasteiger partial charge is 0.240 e. The first-order valence-electron chi connectivity index (χ1n) is 6.85. The Morgan fingerprint density at radius 2 is 1.89 bits per heavy atom. The van der Waals surface area contributed by atoms with E-state index in [2.05, 4.69) is 11.6 Å². The van der Waals surface area contributed by atoms with Gasteiger partial charge >= 0.3 is 0 Å². The van der Waals surface area contributed by atoms with Crippen molar-refractivity contribution in [3.05, 3.63) is 29.8 Å². The summed E-state index contributed by atoms with van der Waals surface area (Å²) in [5, 5.41) is 0. The molecule has 0 atom stereocenters. The number of rotatable bonds is 6. The van der Waals surface area contributed by atoms with Gasteiger partial charge in [0, 0.05) is 12.6 Å². The number of aryl methyl sites for hydroxylation is 1. The number of benzene rings is 1. The van der Waals surface area contributed by atoms with Crippen molar-refractivity contribution >= 4 is 10.0 Å². The lowest BCUT2D eigenvalue weighted by Crippen LogP contribution is -2.42. The van der Waals surface area contributed by atoms with E-state index in [0.29, 0.717) is 17.4 Å². The maximum absolute atomic E-state index is 12.1. The van der Waals surface area contributed by atoms with Crippen LogP contribution in [0.5, 0.6) is 0 Å². The highest BCUT2D eigenvalue weighted by Crippen LogP contribution is 2.25. The normalized spacial score (nSPS) is 23.1. The van der Waals surface area contributed by atoms with Gasteiger partial charge in [-0.2, -0.15) is 0 Å². The first-order chi connectivity index (χ1) is 9.01. The second-order valence-corrected chi connectivity index (χ2v) is 7.11. The summed E-state index contributed by atoms with van der Waals surface area (Å²) >= 11 is 0. The molecule has 4 nitrogen and oxygen atoms in total. The van der Waals surface area contributed by atoms with Crippen molar-refractivity contribution in [2.45, 2.75) is 43.5 Å². The molecule has 0 saturated heterocycles. The summed E-state index contributed by atoms with van der Waals surface area (Å²) in [7, 11) is -3.37. The van der Waals surface area contributed by atoms with Crippen LogP contribution in [0.2, 0.25) is 0 Å². The molecule has 5 heteroatoms. The van der Waals surface area contributed by atoms with Crippen LogP contribution in [0.25, 0.3) is 0 Å². The highest BCUT2D eigenvalue weighted by molar-refractivity contribution is 7.89. The van der Waals surface area contributed by atoms with Crippen LogP contribution in [0, 0.1) is 5.92 Å². The van der Waals surface area contributed by atoms with Gasteiger partial charge in [0.2, 0.25) is 10.0 Å². The maximum atomic E-state index is 12.1. The standard InChI is InChI=1S/C14H22N2O2S/c1-2-3-11-4-6-14(7-5-11)19(17,18)16-10-12-8-13(15)9-12/h4-7,12-13,16H,2-3,8-10,15H2,1H3. The molecule has 1 aromatic rings. The van der Waals surface area contributed by atoms with E-state index in [1.807, 2.05) is 12.1 Å². The quantitative estimate of drug-likeness (QED) is 0.833. The predicted octanol–water partition coefficient (Wildman–Crippen LogP) is 1.65. The summed E-state index contributed by atoms with van der Waals surface area (Å²) in [5.41, 5.74) is 6.86. The molecule has 1 saturated carbocycles. The Hall–Kier alpha value is -0.910. The van der Waals surface area contributed by atoms with Gasteiger partial charge < -0.3 is 5.73 Å². The fourth-order valence-corrected chi connectivity index (χ4v) is 3.50. The van der Waals surface area contributed by atoms with E-state index in [1.165, 1.54) is 5.56 Å². The van der Waals surface area contributed by atoms with E-state index < -0.39 is 10.0 Å². The Morgan fingerprint density at radius 3 is 2.42 bits per heavy atom. The van der Waals surface area contributed by atoms with Crippen molar-refractivity contribution in [3.63, 3.8) is 0 Å². The molecule has 1 aliphatic rings. The fraction of sp³-hybridized carbons (Fsp3) is 0.571. The van der Waals surface area contributed by atoms with E-state index in [-0.39, 0.29) is 6.04 Å². The number of hydrogen-bond donors (Lipinski definition) is 2. The molecule has 1 aliphatic carbocycles. The molecule has 1 fully saturated rings. The van der Waals surface area contributed by atoms with Crippen molar-refractivity contribution in [1.82, 2.24) is 4.72 Å². The van der Waals surface area contributed by atoms with Crippen LogP contribution in [0.4, 0.5) is 0 Å². The number of nitrogens with one attached hydrogen (secondary N) is 1. The van der Waals surface area contributed by atoms with Gasteiger partial charge in [-0.15, -0.1) is 0 Å². The summed E-state index contributed by atoms with van der Waals surface area (Å²) in [6.07, 6.45) is 3.87. The summed E-state index contributed by atoms with van der Waals surface area (Å²) in [6, 6.07) is 7.39. The third kappa shape index (κ3) is 3.78. The topological polar surface area (TPSA) is 72.2 Å². The van der Waals surface area contributed by atoms with Crippen molar-refractivity contribution in [3.8, 4) is 0 Å². The molecule has 2 rings (SSSR count). The molecule has 0 bridgehead atoms. The molecule has 0 aromatic heterocycles. The Morgan fingerprint density at radius 1 is 1.26 bits per heavy atom. The van der Waals surface area contributed by atoms with Gasteiger partial charge in [0.25, 0.3) is 0 Å². The maximum Gasteiger partial charge on any atom is 0.240 e. The molecule has 1 aromatic carbocycles. The van der Waals surface area contributed by atoms with E-state index in [9.17, 15) is 8.42 Å². The van der Waals surface area contributed by atoms with Crippen LogP contribution in [-0.2, 0) is 16.4 Å². The largest absolute Gasteiger partial charge is 0.328 e. The molecule has 19 heavy (non-hydrogen) atoms. The zero-order valence-electron chi connectivity index (χ0n) is 11.3. The van der Waals surface area contributed by atoms with Gasteiger partial charge in [-0.3, -0.25) is 0 Å². The first-order valence-corrected chi connectivity index (χ1v) is 8.33. The molecule has 0 amide bonds. The highest BCUT2D eigenvalue weighted by Gasteiger charge is 2.27. The Labute approximate surface area is 115 Å². The third-order valence-corrected chi connectivity index (χ3v) is 5.05. The SMILES string of the molecule is CCCc1ccc(S(=O)(=O)NCC2CC(N)C2)cc1. The van der Waals surface area contributed by atoms with Gasteiger partial charge in [0.15, 0.2) is 0 Å². The molecule has 0 radical (unpaired) electrons. The average molecular weight is 282 g/mol. The lowest BCUT2D eigenvalue weighted by molar-refractivity contribution is 0.267. The summed E-state index contributed by atoms with van der Waals surface area (Å²) < 4.78 is 26.8. The van der Waals surface area contributed by atoms with Crippen LogP contribution in [0.3, 0.4) is 0 Å². The third-order valence-electron chi connectivity index (χ3n) is 3.61. The second kappa shape index (κ2) is 6.03. The lowest BCUT2D eigenvalue weighted by atomic mass is 9.81. The van der Waals surface area contributed by atoms with Gasteiger partial charge in [0.1, 0.15) is 0 Å². The molecular weight excluding hydrogens is 260 g/mol. The molecule has 3 N–H and O–H groups in total. The zero-order valence-corrected chi connectivity index (χ0v) is 12.1. The Kier molecular flexibility index (Phi) is 4.60. The number of nitrogens with two attached hydrogens (primary N) is 1. The Balaban J connectivity index is 1.94. The van der Waals surface area contributed by atoms with Crippen molar-refractivity contribution in [2.75, 3.05) is 6.54 Å². The summed E-state index contributed by atoms with van der Waals surface area (Å²) in [5.74, 6) is 0.393. The minimum Gasteiger partial charge on any atom is -0.328 e. The van der Waals surface area contributed by atoms with Crippen LogP contribution >= 0.6 is 0 Å². The van der Waals surface area contributed by atoms with Gasteiger partial charge in [0.05, 0.1) is 4.90 Å². The summed E-state index contributed by atoms with van der Waals surface area (Å²) in [4.78, 5) is 0.343. The monoisotopic (exact) mass is 282 g/mol. The van der Waals surface area contributed by atoms with Gasteiger partial charge in [-0.05, 0) is 42.9 Å². The second-order valence-electron chi connectivity index (χ2n) is 5.34. The predicted molar refractivity (Wildman–Crippen MR) is 76.3 cm³/mol. The number of sulfonamides is 1. The molecule has 0 aliphatic heterocycles. The Bertz CT molecular complexity index is 505. The van der Waals surface area contributed by atoms with Crippen LogP contribution in [0.1, 0.15) is 31.7 Å². The molecule has 0 heterocycles. The molecular formula is C14H22N2O2S.